The summed E-state index contributed by atoms with van der Waals surface area (Å²) in [5.41, 5.74) is 1.31. The van der Waals surface area contributed by atoms with Gasteiger partial charge >= 0.3 is 0 Å². The molecule has 1 aromatic heterocycles. The van der Waals surface area contributed by atoms with Crippen LogP contribution in [-0.2, 0) is 6.61 Å². The molecule has 0 aliphatic heterocycles. The lowest BCUT2D eigenvalue weighted by molar-refractivity contribution is 0.189. The van der Waals surface area contributed by atoms with Gasteiger partial charge in [0.1, 0.15) is 18.2 Å². The summed E-state index contributed by atoms with van der Waals surface area (Å²) in [4.78, 5) is 4.11. The first-order chi connectivity index (χ1) is 8.66. The summed E-state index contributed by atoms with van der Waals surface area (Å²) in [7, 11) is 0. The minimum absolute atomic E-state index is 0.240. The van der Waals surface area contributed by atoms with Gasteiger partial charge in [-0.3, -0.25) is 4.98 Å². The topological polar surface area (TPSA) is 42.4 Å². The number of benzene rings is 1. The van der Waals surface area contributed by atoms with Crippen LogP contribution in [0.1, 0.15) is 24.3 Å². The minimum atomic E-state index is -0.704. The van der Waals surface area contributed by atoms with Gasteiger partial charge in [-0.15, -0.1) is 0 Å². The third kappa shape index (κ3) is 3.05. The van der Waals surface area contributed by atoms with E-state index in [1.54, 1.807) is 13.1 Å². The lowest BCUT2D eigenvalue weighted by atomic mass is 10.1. The maximum Gasteiger partial charge on any atom is 0.130 e. The highest BCUT2D eigenvalue weighted by Gasteiger charge is 2.10. The zero-order chi connectivity index (χ0) is 13.0. The second-order valence-electron chi connectivity index (χ2n) is 3.97. The number of hydrogen-bond donors (Lipinski definition) is 1. The van der Waals surface area contributed by atoms with E-state index in [2.05, 4.69) is 4.98 Å². The highest BCUT2D eigenvalue weighted by molar-refractivity contribution is 5.35. The van der Waals surface area contributed by atoms with Crippen molar-refractivity contribution in [2.24, 2.45) is 0 Å². The van der Waals surface area contributed by atoms with Gasteiger partial charge in [0.25, 0.3) is 0 Å². The van der Waals surface area contributed by atoms with Crippen LogP contribution in [0.2, 0.25) is 0 Å². The number of rotatable bonds is 4. The third-order valence-corrected chi connectivity index (χ3v) is 2.53. The predicted octanol–water partition coefficient (Wildman–Crippen LogP) is 2.85. The molecule has 0 aliphatic rings. The monoisotopic (exact) mass is 247 g/mol. The van der Waals surface area contributed by atoms with Crippen LogP contribution in [0.5, 0.6) is 5.75 Å². The molecule has 1 heterocycles. The molecule has 3 nitrogen and oxygen atoms in total. The van der Waals surface area contributed by atoms with E-state index >= 15 is 0 Å². The fourth-order valence-corrected chi connectivity index (χ4v) is 1.61. The van der Waals surface area contributed by atoms with Gasteiger partial charge in [0.15, 0.2) is 0 Å². The molecule has 0 bridgehead atoms. The summed E-state index contributed by atoms with van der Waals surface area (Å²) in [5.74, 6) is -0.0499. The standard InChI is InChI=1S/C14H14FNO2/c1-10(17)13-6-5-11(15)8-14(13)18-9-12-4-2-3-7-16-12/h2-8,10,17H,9H2,1H3. The van der Waals surface area contributed by atoms with Gasteiger partial charge in [0, 0.05) is 17.8 Å². The number of ether oxygens (including phenoxy) is 1. The van der Waals surface area contributed by atoms with E-state index in [4.69, 9.17) is 4.74 Å². The van der Waals surface area contributed by atoms with Gasteiger partial charge in [-0.25, -0.2) is 4.39 Å². The Morgan fingerprint density at radius 1 is 1.33 bits per heavy atom. The van der Waals surface area contributed by atoms with E-state index in [1.807, 2.05) is 18.2 Å². The average molecular weight is 247 g/mol. The molecule has 2 rings (SSSR count). The lowest BCUT2D eigenvalue weighted by Gasteiger charge is -2.13. The van der Waals surface area contributed by atoms with Gasteiger partial charge in [0.05, 0.1) is 11.8 Å². The first-order valence-corrected chi connectivity index (χ1v) is 5.67. The Labute approximate surface area is 105 Å². The number of aliphatic hydroxyl groups is 1. The number of pyridine rings is 1. The quantitative estimate of drug-likeness (QED) is 0.903. The molecule has 0 aliphatic carbocycles. The molecule has 0 spiro atoms. The van der Waals surface area contributed by atoms with Crippen molar-refractivity contribution in [3.05, 3.63) is 59.7 Å². The van der Waals surface area contributed by atoms with Gasteiger partial charge in [0.2, 0.25) is 0 Å². The van der Waals surface area contributed by atoms with E-state index in [9.17, 15) is 9.50 Å². The maximum atomic E-state index is 13.2. The molecule has 0 saturated heterocycles. The molecule has 1 atom stereocenters. The van der Waals surface area contributed by atoms with Gasteiger partial charge in [-0.1, -0.05) is 6.07 Å². The number of aliphatic hydroxyl groups excluding tert-OH is 1. The summed E-state index contributed by atoms with van der Waals surface area (Å²) in [6.45, 7) is 1.85. The van der Waals surface area contributed by atoms with E-state index in [0.717, 1.165) is 5.69 Å². The SMILES string of the molecule is CC(O)c1ccc(F)cc1OCc1ccccn1. The Morgan fingerprint density at radius 3 is 2.83 bits per heavy atom. The Hall–Kier alpha value is -1.94. The number of aromatic nitrogens is 1. The van der Waals surface area contributed by atoms with Crippen LogP contribution in [0.25, 0.3) is 0 Å². The number of nitrogens with zero attached hydrogens (tertiary/aromatic N) is 1. The highest BCUT2D eigenvalue weighted by Crippen LogP contribution is 2.26. The fourth-order valence-electron chi connectivity index (χ4n) is 1.61. The summed E-state index contributed by atoms with van der Waals surface area (Å²) in [6, 6.07) is 9.58. The van der Waals surface area contributed by atoms with Crippen molar-refractivity contribution in [2.75, 3.05) is 0 Å². The van der Waals surface area contributed by atoms with Crippen LogP contribution in [0, 0.1) is 5.82 Å². The normalized spacial score (nSPS) is 12.2. The Bertz CT molecular complexity index is 514. The summed E-state index contributed by atoms with van der Waals surface area (Å²) < 4.78 is 18.7. The molecular formula is C14H14FNO2. The van der Waals surface area contributed by atoms with Crippen molar-refractivity contribution in [3.63, 3.8) is 0 Å². The molecule has 0 fully saturated rings. The largest absolute Gasteiger partial charge is 0.487 e. The van der Waals surface area contributed by atoms with E-state index in [1.165, 1.54) is 18.2 Å². The molecule has 18 heavy (non-hydrogen) atoms. The Balaban J connectivity index is 2.15. The lowest BCUT2D eigenvalue weighted by Crippen LogP contribution is -2.02. The zero-order valence-electron chi connectivity index (χ0n) is 10.0. The molecule has 1 N–H and O–H groups in total. The van der Waals surface area contributed by atoms with Gasteiger partial charge in [-0.2, -0.15) is 0 Å². The first-order valence-electron chi connectivity index (χ1n) is 5.67. The second kappa shape index (κ2) is 5.60. The number of hydrogen-bond acceptors (Lipinski definition) is 3. The van der Waals surface area contributed by atoms with Crippen molar-refractivity contribution in [1.29, 1.82) is 0 Å². The van der Waals surface area contributed by atoms with E-state index in [-0.39, 0.29) is 6.61 Å². The van der Waals surface area contributed by atoms with Gasteiger partial charge < -0.3 is 9.84 Å². The van der Waals surface area contributed by atoms with Crippen LogP contribution in [0.3, 0.4) is 0 Å². The molecule has 1 unspecified atom stereocenters. The molecule has 1 aromatic carbocycles. The van der Waals surface area contributed by atoms with Crippen molar-refractivity contribution in [3.8, 4) is 5.75 Å². The van der Waals surface area contributed by atoms with Crippen LogP contribution in [0.4, 0.5) is 4.39 Å². The molecule has 2 aromatic rings. The van der Waals surface area contributed by atoms with Crippen molar-refractivity contribution in [1.82, 2.24) is 4.98 Å². The van der Waals surface area contributed by atoms with Crippen molar-refractivity contribution >= 4 is 0 Å². The second-order valence-corrected chi connectivity index (χ2v) is 3.97. The fraction of sp³-hybridized carbons (Fsp3) is 0.214. The van der Waals surface area contributed by atoms with Gasteiger partial charge in [-0.05, 0) is 31.2 Å². The summed E-state index contributed by atoms with van der Waals surface area (Å²) in [6.07, 6.45) is 0.962. The Kier molecular flexibility index (Phi) is 3.89. The summed E-state index contributed by atoms with van der Waals surface area (Å²) >= 11 is 0. The highest BCUT2D eigenvalue weighted by atomic mass is 19.1. The minimum Gasteiger partial charge on any atom is -0.487 e. The summed E-state index contributed by atoms with van der Waals surface area (Å²) in [5, 5.41) is 9.57. The molecule has 0 saturated carbocycles. The molecule has 0 amide bonds. The Morgan fingerprint density at radius 2 is 2.17 bits per heavy atom. The predicted molar refractivity (Wildman–Crippen MR) is 65.6 cm³/mol. The molecular weight excluding hydrogens is 233 g/mol. The van der Waals surface area contributed by atoms with Crippen LogP contribution in [-0.4, -0.2) is 10.1 Å². The van der Waals surface area contributed by atoms with Crippen molar-refractivity contribution < 1.29 is 14.2 Å². The average Bonchev–Trinajstić information content (AvgIpc) is 2.37. The number of halogens is 1. The van der Waals surface area contributed by atoms with Crippen LogP contribution in [0.15, 0.2) is 42.6 Å². The smallest absolute Gasteiger partial charge is 0.130 e. The first kappa shape index (κ1) is 12.5. The van der Waals surface area contributed by atoms with Crippen molar-refractivity contribution in [2.45, 2.75) is 19.6 Å². The van der Waals surface area contributed by atoms with Crippen LogP contribution < -0.4 is 4.74 Å². The molecule has 0 radical (unpaired) electrons. The molecule has 4 heteroatoms. The third-order valence-electron chi connectivity index (χ3n) is 2.53. The van der Waals surface area contributed by atoms with E-state index in [0.29, 0.717) is 11.3 Å². The van der Waals surface area contributed by atoms with Crippen LogP contribution >= 0.6 is 0 Å². The van der Waals surface area contributed by atoms with E-state index < -0.39 is 11.9 Å². The molecule has 94 valence electrons. The maximum absolute atomic E-state index is 13.2. The zero-order valence-corrected chi connectivity index (χ0v) is 10.0.